The lowest BCUT2D eigenvalue weighted by atomic mass is 10.0. The number of hydrogen-bond donors (Lipinski definition) is 1. The minimum Gasteiger partial charge on any atom is -0.481 e. The van der Waals surface area contributed by atoms with Crippen molar-refractivity contribution in [3.05, 3.63) is 15.6 Å². The van der Waals surface area contributed by atoms with E-state index in [1.165, 1.54) is 30.6 Å². The number of carbonyl (C=O) groups is 1. The Morgan fingerprint density at radius 1 is 1.50 bits per heavy atom. The van der Waals surface area contributed by atoms with Crippen LogP contribution in [0.3, 0.4) is 0 Å². The predicted octanol–water partition coefficient (Wildman–Crippen LogP) is 3.13. The van der Waals surface area contributed by atoms with Crippen molar-refractivity contribution in [3.8, 4) is 0 Å². The summed E-state index contributed by atoms with van der Waals surface area (Å²) in [6, 6.07) is 0. The topological polar surface area (TPSA) is 50.2 Å². The zero-order valence-electron chi connectivity index (χ0n) is 9.53. The summed E-state index contributed by atoms with van der Waals surface area (Å²) in [7, 11) is 0. The fraction of sp³-hybridized carbons (Fsp3) is 0.667. The summed E-state index contributed by atoms with van der Waals surface area (Å²) in [5.41, 5.74) is 1.04. The number of aromatic nitrogens is 1. The summed E-state index contributed by atoms with van der Waals surface area (Å²) in [6.45, 7) is 2.01. The van der Waals surface area contributed by atoms with Crippen molar-refractivity contribution in [1.29, 1.82) is 0 Å². The molecule has 0 aromatic carbocycles. The van der Waals surface area contributed by atoms with Gasteiger partial charge < -0.3 is 5.11 Å². The predicted molar refractivity (Wildman–Crippen MR) is 64.0 cm³/mol. The summed E-state index contributed by atoms with van der Waals surface area (Å²) < 4.78 is 0. The maximum absolute atomic E-state index is 10.6. The molecule has 0 aliphatic heterocycles. The fourth-order valence-electron chi connectivity index (χ4n) is 2.40. The van der Waals surface area contributed by atoms with E-state index in [4.69, 9.17) is 5.11 Å². The highest BCUT2D eigenvalue weighted by Crippen LogP contribution is 2.39. The molecule has 0 amide bonds. The molecule has 1 aliphatic carbocycles. The van der Waals surface area contributed by atoms with Crippen LogP contribution in [0.1, 0.15) is 53.6 Å². The van der Waals surface area contributed by atoms with Crippen LogP contribution < -0.4 is 0 Å². The molecule has 0 bridgehead atoms. The molecule has 0 spiro atoms. The molecular formula is C12H17NO2S. The third-order valence-electron chi connectivity index (χ3n) is 3.14. The Hall–Kier alpha value is -0.900. The molecular weight excluding hydrogens is 222 g/mol. The van der Waals surface area contributed by atoms with E-state index in [1.54, 1.807) is 11.3 Å². The molecule has 0 unspecified atom stereocenters. The molecule has 1 aromatic rings. The molecule has 1 fully saturated rings. The Kier molecular flexibility index (Phi) is 3.59. The second kappa shape index (κ2) is 4.95. The lowest BCUT2D eigenvalue weighted by Crippen LogP contribution is -2.01. The van der Waals surface area contributed by atoms with Gasteiger partial charge in [-0.25, -0.2) is 4.98 Å². The number of thiazole rings is 1. The van der Waals surface area contributed by atoms with Gasteiger partial charge in [0.2, 0.25) is 0 Å². The van der Waals surface area contributed by atoms with Crippen molar-refractivity contribution < 1.29 is 9.90 Å². The van der Waals surface area contributed by atoms with Gasteiger partial charge in [0, 0.05) is 11.3 Å². The van der Waals surface area contributed by atoms with E-state index < -0.39 is 5.97 Å². The van der Waals surface area contributed by atoms with Crippen molar-refractivity contribution in [2.45, 2.75) is 51.4 Å². The minimum atomic E-state index is -0.733. The van der Waals surface area contributed by atoms with Crippen LogP contribution in [-0.4, -0.2) is 16.1 Å². The Bertz CT molecular complexity index is 380. The lowest BCUT2D eigenvalue weighted by Gasteiger charge is -2.07. The zero-order valence-corrected chi connectivity index (χ0v) is 10.3. The van der Waals surface area contributed by atoms with Crippen LogP contribution in [0.15, 0.2) is 0 Å². The van der Waals surface area contributed by atoms with Crippen LogP contribution in [0.25, 0.3) is 0 Å². The van der Waals surface area contributed by atoms with E-state index in [1.807, 2.05) is 6.92 Å². The van der Waals surface area contributed by atoms with E-state index in [2.05, 4.69) is 4.98 Å². The van der Waals surface area contributed by atoms with Gasteiger partial charge in [-0.1, -0.05) is 12.8 Å². The monoisotopic (exact) mass is 239 g/mol. The Labute approximate surface area is 99.5 Å². The lowest BCUT2D eigenvalue weighted by molar-refractivity contribution is -0.136. The average Bonchev–Trinajstić information content (AvgIpc) is 2.82. The maximum Gasteiger partial charge on any atom is 0.303 e. The number of nitrogens with zero attached hydrogens (tertiary/aromatic N) is 1. The molecule has 0 saturated heterocycles. The summed E-state index contributed by atoms with van der Waals surface area (Å²) in [6.07, 6.45) is 5.90. The van der Waals surface area contributed by atoms with Crippen LogP contribution in [0, 0.1) is 6.92 Å². The Morgan fingerprint density at radius 2 is 2.19 bits per heavy atom. The second-order valence-electron chi connectivity index (χ2n) is 4.42. The highest BCUT2D eigenvalue weighted by Gasteiger charge is 2.23. The molecule has 1 aromatic heterocycles. The number of carboxylic acids is 1. The van der Waals surface area contributed by atoms with E-state index in [-0.39, 0.29) is 6.42 Å². The van der Waals surface area contributed by atoms with E-state index in [0.717, 1.165) is 10.7 Å². The minimum absolute atomic E-state index is 0.197. The third kappa shape index (κ3) is 2.61. The smallest absolute Gasteiger partial charge is 0.303 e. The van der Waals surface area contributed by atoms with Gasteiger partial charge in [0.1, 0.15) is 0 Å². The number of aryl methyl sites for hydroxylation is 2. The van der Waals surface area contributed by atoms with Gasteiger partial charge in [0.25, 0.3) is 0 Å². The normalized spacial score (nSPS) is 16.8. The molecule has 1 heterocycles. The highest BCUT2D eigenvalue weighted by molar-refractivity contribution is 7.11. The van der Waals surface area contributed by atoms with E-state index >= 15 is 0 Å². The van der Waals surface area contributed by atoms with Crippen molar-refractivity contribution >= 4 is 17.3 Å². The van der Waals surface area contributed by atoms with E-state index in [0.29, 0.717) is 12.3 Å². The van der Waals surface area contributed by atoms with Gasteiger partial charge >= 0.3 is 5.97 Å². The summed E-state index contributed by atoms with van der Waals surface area (Å²) in [4.78, 5) is 16.4. The standard InChI is InChI=1S/C12H17NO2S/c1-8-13-10(6-7-11(14)15)12(16-8)9-4-2-3-5-9/h9H,2-7H2,1H3,(H,14,15). The van der Waals surface area contributed by atoms with Crippen LogP contribution in [-0.2, 0) is 11.2 Å². The van der Waals surface area contributed by atoms with Gasteiger partial charge in [0.05, 0.1) is 17.1 Å². The summed E-state index contributed by atoms with van der Waals surface area (Å²) in [5.74, 6) is -0.0852. The molecule has 1 aliphatic rings. The number of hydrogen-bond acceptors (Lipinski definition) is 3. The number of aliphatic carboxylic acids is 1. The molecule has 2 rings (SSSR count). The van der Waals surface area contributed by atoms with Crippen LogP contribution in [0.5, 0.6) is 0 Å². The van der Waals surface area contributed by atoms with E-state index in [9.17, 15) is 4.79 Å². The van der Waals surface area contributed by atoms with Gasteiger partial charge in [-0.05, 0) is 25.7 Å². The molecule has 16 heavy (non-hydrogen) atoms. The quantitative estimate of drug-likeness (QED) is 0.878. The first kappa shape index (κ1) is 11.6. The largest absolute Gasteiger partial charge is 0.481 e. The van der Waals surface area contributed by atoms with Crippen molar-refractivity contribution in [2.75, 3.05) is 0 Å². The zero-order chi connectivity index (χ0) is 11.5. The first-order valence-corrected chi connectivity index (χ1v) is 6.66. The first-order chi connectivity index (χ1) is 7.66. The average molecular weight is 239 g/mol. The third-order valence-corrected chi connectivity index (χ3v) is 4.31. The summed E-state index contributed by atoms with van der Waals surface area (Å²) >= 11 is 1.76. The maximum atomic E-state index is 10.6. The molecule has 88 valence electrons. The molecule has 1 saturated carbocycles. The SMILES string of the molecule is Cc1nc(CCC(=O)O)c(C2CCCC2)s1. The summed E-state index contributed by atoms with van der Waals surface area (Å²) in [5, 5.41) is 9.79. The molecule has 0 atom stereocenters. The van der Waals surface area contributed by atoms with Crippen molar-refractivity contribution in [1.82, 2.24) is 4.98 Å². The van der Waals surface area contributed by atoms with Gasteiger partial charge in [-0.2, -0.15) is 0 Å². The van der Waals surface area contributed by atoms with Crippen LogP contribution in [0.4, 0.5) is 0 Å². The van der Waals surface area contributed by atoms with Crippen LogP contribution in [0.2, 0.25) is 0 Å². The first-order valence-electron chi connectivity index (χ1n) is 5.85. The Balaban J connectivity index is 2.12. The highest BCUT2D eigenvalue weighted by atomic mass is 32.1. The molecule has 3 nitrogen and oxygen atoms in total. The molecule has 4 heteroatoms. The fourth-order valence-corrected chi connectivity index (χ4v) is 3.54. The molecule has 1 N–H and O–H groups in total. The van der Waals surface area contributed by atoms with Crippen molar-refractivity contribution in [2.24, 2.45) is 0 Å². The van der Waals surface area contributed by atoms with Crippen LogP contribution >= 0.6 is 11.3 Å². The van der Waals surface area contributed by atoms with Gasteiger partial charge in [-0.15, -0.1) is 11.3 Å². The Morgan fingerprint density at radius 3 is 2.81 bits per heavy atom. The number of rotatable bonds is 4. The van der Waals surface area contributed by atoms with Gasteiger partial charge in [0.15, 0.2) is 0 Å². The molecule has 0 radical (unpaired) electrons. The van der Waals surface area contributed by atoms with Gasteiger partial charge in [-0.3, -0.25) is 4.79 Å². The van der Waals surface area contributed by atoms with Crippen molar-refractivity contribution in [3.63, 3.8) is 0 Å². The second-order valence-corrected chi connectivity index (χ2v) is 5.65. The number of carboxylic acid groups (broad SMARTS) is 1.